The van der Waals surface area contributed by atoms with E-state index in [0.717, 1.165) is 9.65 Å². The lowest BCUT2D eigenvalue weighted by molar-refractivity contribution is -0.136. The maximum absolute atomic E-state index is 12.8. The van der Waals surface area contributed by atoms with Crippen LogP contribution in [0.25, 0.3) is 17.0 Å². The third-order valence-electron chi connectivity index (χ3n) is 5.10. The molecular formula is C24H29N3O6SSi. The fourth-order valence-electron chi connectivity index (χ4n) is 3.15. The van der Waals surface area contributed by atoms with Gasteiger partial charge in [-0.3, -0.25) is 5.32 Å². The number of rotatable bonds is 9. The van der Waals surface area contributed by atoms with Crippen LogP contribution in [0.1, 0.15) is 11.1 Å². The summed E-state index contributed by atoms with van der Waals surface area (Å²) < 4.78 is 36.6. The Morgan fingerprint density at radius 2 is 1.83 bits per heavy atom. The number of hydrogen-bond acceptors (Lipinski definition) is 7. The Labute approximate surface area is 205 Å². The molecule has 3 rings (SSSR count). The second kappa shape index (κ2) is 10.9. The van der Waals surface area contributed by atoms with Crippen LogP contribution in [0.5, 0.6) is 0 Å². The summed E-state index contributed by atoms with van der Waals surface area (Å²) in [4.78, 5) is 24.5. The summed E-state index contributed by atoms with van der Waals surface area (Å²) in [6, 6.07) is 14.7. The summed E-state index contributed by atoms with van der Waals surface area (Å²) in [5.74, 6) is -0.728. The van der Waals surface area contributed by atoms with Crippen LogP contribution in [-0.4, -0.2) is 50.6 Å². The third-order valence-corrected chi connectivity index (χ3v) is 8.75. The van der Waals surface area contributed by atoms with Crippen molar-refractivity contribution in [2.75, 3.05) is 12.9 Å². The Bertz CT molecular complexity index is 1340. The van der Waals surface area contributed by atoms with Crippen molar-refractivity contribution in [2.45, 2.75) is 32.3 Å². The minimum absolute atomic E-state index is 0.0304. The normalized spacial score (nSPS) is 12.4. The molecule has 2 aromatic carbocycles. The number of methoxy groups -OCH3 is 1. The van der Waals surface area contributed by atoms with Gasteiger partial charge in [0.1, 0.15) is 12.3 Å². The Morgan fingerprint density at radius 3 is 2.49 bits per heavy atom. The monoisotopic (exact) mass is 515 g/mol. The van der Waals surface area contributed by atoms with E-state index in [1.165, 1.54) is 19.4 Å². The van der Waals surface area contributed by atoms with E-state index in [1.54, 1.807) is 18.2 Å². The predicted octanol–water partition coefficient (Wildman–Crippen LogP) is 3.99. The minimum Gasteiger partial charge on any atom is -0.464 e. The minimum atomic E-state index is -3.60. The second-order valence-corrected chi connectivity index (χ2v) is 16.7. The van der Waals surface area contributed by atoms with Crippen LogP contribution in [0.2, 0.25) is 25.7 Å². The number of carbonyl (C=O) groups excluding carboxylic acids is 2. The van der Waals surface area contributed by atoms with Crippen LogP contribution < -0.4 is 5.32 Å². The van der Waals surface area contributed by atoms with Crippen molar-refractivity contribution in [3.63, 3.8) is 0 Å². The molecule has 0 atom stereocenters. The maximum atomic E-state index is 12.8. The summed E-state index contributed by atoms with van der Waals surface area (Å²) in [7, 11) is -3.94. The molecule has 1 aromatic heterocycles. The molecule has 0 bridgehead atoms. The number of nitrogens with zero attached hydrogens (tertiary/aromatic N) is 2. The van der Waals surface area contributed by atoms with Crippen molar-refractivity contribution in [3.05, 3.63) is 71.6 Å². The molecule has 0 fully saturated rings. The molecule has 1 heterocycles. The quantitative estimate of drug-likeness (QED) is 0.260. The second-order valence-electron chi connectivity index (χ2n) is 9.17. The zero-order chi connectivity index (χ0) is 25.6. The van der Waals surface area contributed by atoms with Gasteiger partial charge < -0.3 is 9.47 Å². The van der Waals surface area contributed by atoms with Gasteiger partial charge in [0, 0.05) is 13.5 Å². The number of carbonyl (C=O) groups is 2. The van der Waals surface area contributed by atoms with Crippen molar-refractivity contribution in [2.24, 2.45) is 0 Å². The van der Waals surface area contributed by atoms with Gasteiger partial charge in [-0.2, -0.15) is 9.19 Å². The number of nitrogens with one attached hydrogen (secondary N) is 1. The number of ether oxygens (including phenoxy) is 2. The molecule has 186 valence electrons. The van der Waals surface area contributed by atoms with Crippen LogP contribution >= 0.6 is 0 Å². The summed E-state index contributed by atoms with van der Waals surface area (Å²) in [6.07, 6.45) is 2.07. The number of aromatic nitrogens is 2. The highest BCUT2D eigenvalue weighted by atomic mass is 32.2. The van der Waals surface area contributed by atoms with Gasteiger partial charge in [0.25, 0.3) is 10.0 Å². The SMILES string of the molecule is COC(=O)/C(=C\c1ccc2c(cnn2S(=O)(=O)CC[Si](C)(C)C)c1)NC(=O)OCc1ccccc1. The molecule has 35 heavy (non-hydrogen) atoms. The lowest BCUT2D eigenvalue weighted by atomic mass is 10.1. The van der Waals surface area contributed by atoms with Crippen LogP contribution in [0.15, 0.2) is 60.4 Å². The Balaban J connectivity index is 1.80. The summed E-state index contributed by atoms with van der Waals surface area (Å²) in [5, 5.41) is 7.07. The maximum Gasteiger partial charge on any atom is 0.412 e. The zero-order valence-electron chi connectivity index (χ0n) is 20.1. The molecular weight excluding hydrogens is 486 g/mol. The summed E-state index contributed by atoms with van der Waals surface area (Å²) in [5.41, 5.74) is 1.65. The number of hydrogen-bond donors (Lipinski definition) is 1. The molecule has 0 saturated heterocycles. The Morgan fingerprint density at radius 1 is 1.11 bits per heavy atom. The summed E-state index contributed by atoms with van der Waals surface area (Å²) >= 11 is 0. The molecule has 0 spiro atoms. The highest BCUT2D eigenvalue weighted by molar-refractivity contribution is 7.90. The van der Waals surface area contributed by atoms with Gasteiger partial charge >= 0.3 is 12.1 Å². The van der Waals surface area contributed by atoms with E-state index in [2.05, 4.69) is 30.1 Å². The molecule has 0 saturated carbocycles. The molecule has 1 amide bonds. The first-order valence-corrected chi connectivity index (χ1v) is 16.3. The van der Waals surface area contributed by atoms with E-state index < -0.39 is 30.2 Å². The van der Waals surface area contributed by atoms with E-state index in [9.17, 15) is 18.0 Å². The number of amides is 1. The average Bonchev–Trinajstić information content (AvgIpc) is 3.25. The molecule has 0 unspecified atom stereocenters. The van der Waals surface area contributed by atoms with Gasteiger partial charge in [-0.25, -0.2) is 18.0 Å². The molecule has 0 aliphatic rings. The van der Waals surface area contributed by atoms with Gasteiger partial charge in [-0.1, -0.05) is 56.0 Å². The smallest absolute Gasteiger partial charge is 0.412 e. The molecule has 0 radical (unpaired) electrons. The lowest BCUT2D eigenvalue weighted by Crippen LogP contribution is -2.28. The van der Waals surface area contributed by atoms with E-state index in [4.69, 9.17) is 9.47 Å². The third kappa shape index (κ3) is 7.27. The first-order chi connectivity index (χ1) is 16.5. The molecule has 0 aliphatic carbocycles. The van der Waals surface area contributed by atoms with Gasteiger partial charge in [0.15, 0.2) is 0 Å². The van der Waals surface area contributed by atoms with Crippen LogP contribution in [0.4, 0.5) is 4.79 Å². The van der Waals surface area contributed by atoms with E-state index in [0.29, 0.717) is 22.5 Å². The molecule has 3 aromatic rings. The van der Waals surface area contributed by atoms with Crippen molar-refractivity contribution in [1.82, 2.24) is 14.5 Å². The highest BCUT2D eigenvalue weighted by Crippen LogP contribution is 2.21. The number of esters is 1. The predicted molar refractivity (Wildman–Crippen MR) is 137 cm³/mol. The number of alkyl carbamates (subject to hydrolysis) is 1. The van der Waals surface area contributed by atoms with E-state index >= 15 is 0 Å². The van der Waals surface area contributed by atoms with Gasteiger partial charge in [-0.05, 0) is 35.4 Å². The van der Waals surface area contributed by atoms with Gasteiger partial charge in [0.05, 0.1) is 24.6 Å². The van der Waals surface area contributed by atoms with E-state index in [-0.39, 0.29) is 18.1 Å². The standard InChI is InChI=1S/C24H29N3O6SSi/c1-32-23(28)21(26-24(29)33-17-18-8-6-5-7-9-18)15-19-10-11-22-20(14-19)16-25-27(22)34(30,31)12-13-35(2,3)4/h5-11,14-16H,12-13,17H2,1-4H3,(H,26,29)/b21-15+. The van der Waals surface area contributed by atoms with Crippen molar-refractivity contribution in [3.8, 4) is 0 Å². The molecule has 11 heteroatoms. The number of fused-ring (bicyclic) bond motifs is 1. The topological polar surface area (TPSA) is 117 Å². The van der Waals surface area contributed by atoms with E-state index in [1.807, 2.05) is 30.3 Å². The van der Waals surface area contributed by atoms with Crippen LogP contribution in [0, 0.1) is 0 Å². The van der Waals surface area contributed by atoms with Crippen molar-refractivity contribution >= 4 is 47.1 Å². The van der Waals surface area contributed by atoms with Gasteiger partial charge in [-0.15, -0.1) is 0 Å². The first-order valence-electron chi connectivity index (χ1n) is 11.0. The van der Waals surface area contributed by atoms with Crippen molar-refractivity contribution in [1.29, 1.82) is 0 Å². The Hall–Kier alpha value is -3.44. The molecule has 0 aliphatic heterocycles. The molecule has 1 N–H and O–H groups in total. The highest BCUT2D eigenvalue weighted by Gasteiger charge is 2.22. The largest absolute Gasteiger partial charge is 0.464 e. The summed E-state index contributed by atoms with van der Waals surface area (Å²) in [6.45, 7) is 6.39. The number of benzene rings is 2. The first kappa shape index (κ1) is 26.2. The van der Waals surface area contributed by atoms with Crippen LogP contribution in [-0.2, 0) is 30.9 Å². The lowest BCUT2D eigenvalue weighted by Gasteiger charge is -2.15. The van der Waals surface area contributed by atoms with Crippen molar-refractivity contribution < 1.29 is 27.5 Å². The Kier molecular flexibility index (Phi) is 8.13. The average molecular weight is 516 g/mol. The van der Waals surface area contributed by atoms with Gasteiger partial charge in [0.2, 0.25) is 0 Å². The molecule has 9 nitrogen and oxygen atoms in total. The van der Waals surface area contributed by atoms with Crippen LogP contribution in [0.3, 0.4) is 0 Å². The fraction of sp³-hybridized carbons (Fsp3) is 0.292. The fourth-order valence-corrected chi connectivity index (χ4v) is 7.46. The zero-order valence-corrected chi connectivity index (χ0v) is 22.0.